The van der Waals surface area contributed by atoms with Gasteiger partial charge in [0.1, 0.15) is 11.6 Å². The van der Waals surface area contributed by atoms with Gasteiger partial charge in [-0.05, 0) is 29.6 Å². The van der Waals surface area contributed by atoms with E-state index in [1.165, 1.54) is 4.88 Å². The molecule has 0 aliphatic carbocycles. The molecule has 3 nitrogen and oxygen atoms in total. The van der Waals surface area contributed by atoms with Gasteiger partial charge in [0.2, 0.25) is 0 Å². The van der Waals surface area contributed by atoms with Crippen LogP contribution in [0.4, 0.5) is 0 Å². The van der Waals surface area contributed by atoms with Gasteiger partial charge in [-0.15, -0.1) is 11.3 Å². The number of hydrogen-bond donors (Lipinski definition) is 2. The number of nitrogens with two attached hydrogens (primary N) is 1. The molecule has 0 saturated carbocycles. The summed E-state index contributed by atoms with van der Waals surface area (Å²) >= 11 is 7.77. The molecule has 0 atom stereocenters. The van der Waals surface area contributed by atoms with E-state index in [1.54, 1.807) is 29.5 Å². The van der Waals surface area contributed by atoms with E-state index in [0.29, 0.717) is 22.9 Å². The summed E-state index contributed by atoms with van der Waals surface area (Å²) in [5.74, 6) is 0.625. The normalized spacial score (nSPS) is 10.3. The number of benzene rings is 1. The van der Waals surface area contributed by atoms with Crippen LogP contribution in [-0.2, 0) is 6.42 Å². The van der Waals surface area contributed by atoms with Gasteiger partial charge < -0.3 is 10.5 Å². The van der Waals surface area contributed by atoms with Crippen molar-refractivity contribution in [2.24, 2.45) is 5.73 Å². The number of hydrogen-bond acceptors (Lipinski definition) is 3. The van der Waals surface area contributed by atoms with Gasteiger partial charge in [-0.3, -0.25) is 5.41 Å². The molecule has 94 valence electrons. The van der Waals surface area contributed by atoms with E-state index in [1.807, 2.05) is 11.4 Å². The first kappa shape index (κ1) is 12.9. The van der Waals surface area contributed by atoms with Gasteiger partial charge in [0.15, 0.2) is 0 Å². The largest absolute Gasteiger partial charge is 0.492 e. The van der Waals surface area contributed by atoms with Crippen molar-refractivity contribution in [3.05, 3.63) is 51.2 Å². The minimum atomic E-state index is 0.00188. The number of nitrogens with one attached hydrogen (secondary N) is 1. The molecular formula is C13H13ClN2OS. The second kappa shape index (κ2) is 5.89. The van der Waals surface area contributed by atoms with Gasteiger partial charge in [0.25, 0.3) is 0 Å². The number of amidine groups is 1. The molecule has 3 N–H and O–H groups in total. The highest BCUT2D eigenvalue weighted by Crippen LogP contribution is 2.25. The predicted octanol–water partition coefficient (Wildman–Crippen LogP) is 3.31. The first-order chi connectivity index (χ1) is 8.66. The zero-order chi connectivity index (χ0) is 13.0. The van der Waals surface area contributed by atoms with Crippen LogP contribution in [0.5, 0.6) is 5.75 Å². The SMILES string of the molecule is N=C(N)c1ccc(OCCc2cccs2)c(Cl)c1. The third kappa shape index (κ3) is 3.24. The van der Waals surface area contributed by atoms with Crippen molar-refractivity contribution in [3.8, 4) is 5.75 Å². The van der Waals surface area contributed by atoms with Crippen LogP contribution in [0.1, 0.15) is 10.4 Å². The molecule has 0 saturated heterocycles. The molecule has 0 amide bonds. The molecule has 0 radical (unpaired) electrons. The molecule has 0 unspecified atom stereocenters. The van der Waals surface area contributed by atoms with E-state index in [9.17, 15) is 0 Å². The van der Waals surface area contributed by atoms with Gasteiger partial charge in [0.05, 0.1) is 11.6 Å². The smallest absolute Gasteiger partial charge is 0.137 e. The first-order valence-corrected chi connectivity index (χ1v) is 6.71. The van der Waals surface area contributed by atoms with E-state index in [-0.39, 0.29) is 5.84 Å². The van der Waals surface area contributed by atoms with Crippen LogP contribution in [-0.4, -0.2) is 12.4 Å². The summed E-state index contributed by atoms with van der Waals surface area (Å²) in [6.45, 7) is 0.583. The van der Waals surface area contributed by atoms with Crippen molar-refractivity contribution in [1.29, 1.82) is 5.41 Å². The minimum absolute atomic E-state index is 0.00188. The van der Waals surface area contributed by atoms with Gasteiger partial charge >= 0.3 is 0 Å². The number of thiophene rings is 1. The number of rotatable bonds is 5. The average Bonchev–Trinajstić information content (AvgIpc) is 2.84. The lowest BCUT2D eigenvalue weighted by Crippen LogP contribution is -2.11. The van der Waals surface area contributed by atoms with Crippen LogP contribution < -0.4 is 10.5 Å². The summed E-state index contributed by atoms with van der Waals surface area (Å²) in [6, 6.07) is 9.22. The maximum Gasteiger partial charge on any atom is 0.137 e. The second-order valence-corrected chi connectivity index (χ2v) is 5.18. The van der Waals surface area contributed by atoms with Crippen molar-refractivity contribution < 1.29 is 4.74 Å². The van der Waals surface area contributed by atoms with Crippen molar-refractivity contribution in [1.82, 2.24) is 0 Å². The highest BCUT2D eigenvalue weighted by Gasteiger charge is 2.05. The Hall–Kier alpha value is -1.52. The number of nitrogen functional groups attached to an aromatic ring is 1. The monoisotopic (exact) mass is 280 g/mol. The summed E-state index contributed by atoms with van der Waals surface area (Å²) in [4.78, 5) is 1.28. The average molecular weight is 281 g/mol. The molecule has 1 aromatic heterocycles. The fourth-order valence-corrected chi connectivity index (χ4v) is 2.43. The third-order valence-electron chi connectivity index (χ3n) is 2.43. The molecule has 1 aromatic carbocycles. The Labute approximate surface area is 115 Å². The summed E-state index contributed by atoms with van der Waals surface area (Å²) in [5.41, 5.74) is 5.98. The summed E-state index contributed by atoms with van der Waals surface area (Å²) in [7, 11) is 0. The Morgan fingerprint density at radius 1 is 1.39 bits per heavy atom. The molecule has 0 spiro atoms. The van der Waals surface area contributed by atoms with Crippen molar-refractivity contribution in [2.45, 2.75) is 6.42 Å². The highest BCUT2D eigenvalue weighted by molar-refractivity contribution is 7.09. The van der Waals surface area contributed by atoms with Gasteiger partial charge in [-0.2, -0.15) is 0 Å². The summed E-state index contributed by atoms with van der Waals surface area (Å²) < 4.78 is 5.61. The summed E-state index contributed by atoms with van der Waals surface area (Å²) in [6.07, 6.45) is 0.864. The van der Waals surface area contributed by atoms with Crippen molar-refractivity contribution in [2.75, 3.05) is 6.61 Å². The lowest BCUT2D eigenvalue weighted by Gasteiger charge is -2.08. The molecule has 2 rings (SSSR count). The van der Waals surface area contributed by atoms with Gasteiger partial charge in [0, 0.05) is 16.9 Å². The minimum Gasteiger partial charge on any atom is -0.492 e. The zero-order valence-corrected chi connectivity index (χ0v) is 11.2. The topological polar surface area (TPSA) is 59.1 Å². The lowest BCUT2D eigenvalue weighted by molar-refractivity contribution is 0.323. The lowest BCUT2D eigenvalue weighted by atomic mass is 10.2. The van der Waals surface area contributed by atoms with Gasteiger partial charge in [-0.25, -0.2) is 0 Å². The van der Waals surface area contributed by atoms with Crippen molar-refractivity contribution >= 4 is 28.8 Å². The molecule has 5 heteroatoms. The van der Waals surface area contributed by atoms with E-state index in [4.69, 9.17) is 27.5 Å². The zero-order valence-electron chi connectivity index (χ0n) is 9.65. The number of ether oxygens (including phenoxy) is 1. The fourth-order valence-electron chi connectivity index (χ4n) is 1.50. The molecule has 0 fully saturated rings. The van der Waals surface area contributed by atoms with Crippen molar-refractivity contribution in [3.63, 3.8) is 0 Å². The standard InChI is InChI=1S/C13H13ClN2OS/c14-11-8-9(13(15)16)3-4-12(11)17-6-5-10-2-1-7-18-10/h1-4,7-8H,5-6H2,(H3,15,16). The van der Waals surface area contributed by atoms with Crippen LogP contribution in [0.3, 0.4) is 0 Å². The fraction of sp³-hybridized carbons (Fsp3) is 0.154. The van der Waals surface area contributed by atoms with E-state index in [2.05, 4.69) is 6.07 Å². The Bertz CT molecular complexity index is 540. The predicted molar refractivity (Wildman–Crippen MR) is 76.0 cm³/mol. The summed E-state index contributed by atoms with van der Waals surface area (Å²) in [5, 5.41) is 9.84. The highest BCUT2D eigenvalue weighted by atomic mass is 35.5. The van der Waals surface area contributed by atoms with Crippen LogP contribution in [0.15, 0.2) is 35.7 Å². The van der Waals surface area contributed by atoms with Crippen LogP contribution in [0.25, 0.3) is 0 Å². The molecule has 1 heterocycles. The van der Waals surface area contributed by atoms with Gasteiger partial charge in [-0.1, -0.05) is 17.7 Å². The Morgan fingerprint density at radius 3 is 2.83 bits per heavy atom. The molecule has 2 aromatic rings. The van der Waals surface area contributed by atoms with Crippen LogP contribution in [0, 0.1) is 5.41 Å². The molecule has 18 heavy (non-hydrogen) atoms. The molecule has 0 aliphatic heterocycles. The van der Waals surface area contributed by atoms with Crippen LogP contribution >= 0.6 is 22.9 Å². The van der Waals surface area contributed by atoms with Crippen LogP contribution in [0.2, 0.25) is 5.02 Å². The molecule has 0 bridgehead atoms. The first-order valence-electron chi connectivity index (χ1n) is 5.46. The maximum absolute atomic E-state index is 7.31. The Kier molecular flexibility index (Phi) is 4.23. The molecule has 0 aliphatic rings. The van der Waals surface area contributed by atoms with E-state index >= 15 is 0 Å². The quantitative estimate of drug-likeness (QED) is 0.652. The maximum atomic E-state index is 7.31. The second-order valence-electron chi connectivity index (χ2n) is 3.74. The van der Waals surface area contributed by atoms with E-state index in [0.717, 1.165) is 6.42 Å². The Balaban J connectivity index is 1.95. The number of halogens is 1. The molecular weight excluding hydrogens is 268 g/mol. The Morgan fingerprint density at radius 2 is 2.22 bits per heavy atom. The third-order valence-corrected chi connectivity index (χ3v) is 3.66. The van der Waals surface area contributed by atoms with E-state index < -0.39 is 0 Å².